The van der Waals surface area contributed by atoms with Gasteiger partial charge in [-0.3, -0.25) is 9.36 Å². The van der Waals surface area contributed by atoms with E-state index >= 15 is 0 Å². The Balaban J connectivity index is 1.57. The Morgan fingerprint density at radius 2 is 1.89 bits per heavy atom. The fourth-order valence-electron chi connectivity index (χ4n) is 2.48. The van der Waals surface area contributed by atoms with E-state index in [0.717, 1.165) is 5.69 Å². The van der Waals surface area contributed by atoms with Crippen molar-refractivity contribution in [3.63, 3.8) is 0 Å². The van der Waals surface area contributed by atoms with E-state index in [1.165, 1.54) is 11.8 Å². The molecule has 3 heterocycles. The molecular weight excluding hydrogens is 362 g/mol. The largest absolute Gasteiger partial charge is 0.461 e. The molecule has 0 radical (unpaired) electrons. The minimum Gasteiger partial charge on any atom is -0.461 e. The number of amides is 1. The first kappa shape index (κ1) is 17.0. The highest BCUT2D eigenvalue weighted by Gasteiger charge is 2.18. The SMILES string of the molecule is O=C(CSc1nnc(-c2ccco2)n1-c1ccccc1)Nc1ccccn1. The van der Waals surface area contributed by atoms with Gasteiger partial charge in [0.25, 0.3) is 0 Å². The number of carbonyl (C=O) groups is 1. The summed E-state index contributed by atoms with van der Waals surface area (Å²) in [5.41, 5.74) is 0.890. The molecule has 0 saturated heterocycles. The van der Waals surface area contributed by atoms with Crippen LogP contribution in [-0.2, 0) is 4.79 Å². The van der Waals surface area contributed by atoms with Crippen molar-refractivity contribution in [2.45, 2.75) is 5.16 Å². The second-order valence-corrected chi connectivity index (χ2v) is 6.45. The number of para-hydroxylation sites is 1. The lowest BCUT2D eigenvalue weighted by atomic mass is 10.3. The number of aromatic nitrogens is 4. The predicted molar refractivity (Wildman–Crippen MR) is 103 cm³/mol. The molecule has 0 unspecified atom stereocenters. The predicted octanol–water partition coefficient (Wildman–Crippen LogP) is 3.65. The highest BCUT2D eigenvalue weighted by atomic mass is 32.2. The molecule has 1 aromatic carbocycles. The molecule has 8 heteroatoms. The first-order valence-corrected chi connectivity index (χ1v) is 9.18. The number of thioether (sulfide) groups is 1. The maximum atomic E-state index is 12.2. The Kier molecular flexibility index (Phi) is 4.97. The molecule has 27 heavy (non-hydrogen) atoms. The van der Waals surface area contributed by atoms with Gasteiger partial charge >= 0.3 is 0 Å². The Morgan fingerprint density at radius 3 is 2.63 bits per heavy atom. The zero-order valence-corrected chi connectivity index (χ0v) is 15.0. The molecular formula is C19H15N5O2S. The van der Waals surface area contributed by atoms with Crippen LogP contribution in [0.1, 0.15) is 0 Å². The summed E-state index contributed by atoms with van der Waals surface area (Å²) in [5, 5.41) is 11.9. The van der Waals surface area contributed by atoms with Crippen LogP contribution in [0.4, 0.5) is 5.82 Å². The van der Waals surface area contributed by atoms with Crippen LogP contribution in [0.2, 0.25) is 0 Å². The van der Waals surface area contributed by atoms with Crippen LogP contribution in [0.25, 0.3) is 17.3 Å². The highest BCUT2D eigenvalue weighted by Crippen LogP contribution is 2.28. The number of carbonyl (C=O) groups excluding carboxylic acids is 1. The number of pyridine rings is 1. The summed E-state index contributed by atoms with van der Waals surface area (Å²) in [7, 11) is 0. The smallest absolute Gasteiger partial charge is 0.236 e. The van der Waals surface area contributed by atoms with Crippen molar-refractivity contribution in [2.24, 2.45) is 0 Å². The summed E-state index contributed by atoms with van der Waals surface area (Å²) in [6, 6.07) is 18.7. The van der Waals surface area contributed by atoms with Gasteiger partial charge in [-0.2, -0.15) is 0 Å². The van der Waals surface area contributed by atoms with Crippen molar-refractivity contribution in [1.82, 2.24) is 19.7 Å². The van der Waals surface area contributed by atoms with E-state index in [0.29, 0.717) is 22.6 Å². The topological polar surface area (TPSA) is 85.8 Å². The van der Waals surface area contributed by atoms with Crippen LogP contribution in [0.3, 0.4) is 0 Å². The van der Waals surface area contributed by atoms with Crippen LogP contribution < -0.4 is 5.32 Å². The summed E-state index contributed by atoms with van der Waals surface area (Å²) >= 11 is 1.30. The standard InChI is InChI=1S/C19H15N5O2S/c25-17(21-16-10-4-5-11-20-16)13-27-19-23-22-18(15-9-6-12-26-15)24(19)14-7-2-1-3-8-14/h1-12H,13H2,(H,20,21,25). The molecule has 0 aliphatic rings. The number of nitrogens with zero attached hydrogens (tertiary/aromatic N) is 4. The van der Waals surface area contributed by atoms with Crippen LogP contribution in [-0.4, -0.2) is 31.4 Å². The molecule has 0 aliphatic carbocycles. The van der Waals surface area contributed by atoms with Gasteiger partial charge in [0, 0.05) is 11.9 Å². The fraction of sp³-hybridized carbons (Fsp3) is 0.0526. The molecule has 0 fully saturated rings. The molecule has 1 amide bonds. The maximum Gasteiger partial charge on any atom is 0.236 e. The average molecular weight is 377 g/mol. The quantitative estimate of drug-likeness (QED) is 0.516. The monoisotopic (exact) mass is 377 g/mol. The summed E-state index contributed by atoms with van der Waals surface area (Å²) in [4.78, 5) is 16.3. The zero-order chi connectivity index (χ0) is 18.5. The van der Waals surface area contributed by atoms with Gasteiger partial charge in [0.15, 0.2) is 10.9 Å². The lowest BCUT2D eigenvalue weighted by Gasteiger charge is -2.09. The van der Waals surface area contributed by atoms with Gasteiger partial charge in [0.05, 0.1) is 12.0 Å². The van der Waals surface area contributed by atoms with Gasteiger partial charge in [0.1, 0.15) is 5.82 Å². The Morgan fingerprint density at radius 1 is 1.04 bits per heavy atom. The van der Waals surface area contributed by atoms with Gasteiger partial charge in [-0.1, -0.05) is 36.0 Å². The molecule has 134 valence electrons. The molecule has 0 saturated carbocycles. The van der Waals surface area contributed by atoms with E-state index < -0.39 is 0 Å². The number of benzene rings is 1. The second-order valence-electron chi connectivity index (χ2n) is 5.51. The van der Waals surface area contributed by atoms with Crippen molar-refractivity contribution < 1.29 is 9.21 Å². The van der Waals surface area contributed by atoms with E-state index in [9.17, 15) is 4.79 Å². The molecule has 7 nitrogen and oxygen atoms in total. The first-order chi connectivity index (χ1) is 13.3. The van der Waals surface area contributed by atoms with Crippen molar-refractivity contribution in [3.05, 3.63) is 73.1 Å². The van der Waals surface area contributed by atoms with Gasteiger partial charge in [-0.05, 0) is 36.4 Å². The number of hydrogen-bond donors (Lipinski definition) is 1. The summed E-state index contributed by atoms with van der Waals surface area (Å²) < 4.78 is 7.35. The molecule has 0 atom stereocenters. The van der Waals surface area contributed by atoms with Crippen molar-refractivity contribution in [2.75, 3.05) is 11.1 Å². The third kappa shape index (κ3) is 3.90. The van der Waals surface area contributed by atoms with Crippen LogP contribution in [0.15, 0.2) is 82.7 Å². The lowest BCUT2D eigenvalue weighted by molar-refractivity contribution is -0.113. The number of nitrogens with one attached hydrogen (secondary N) is 1. The Bertz CT molecular complexity index is 1020. The van der Waals surface area contributed by atoms with Crippen molar-refractivity contribution in [1.29, 1.82) is 0 Å². The van der Waals surface area contributed by atoms with E-state index in [2.05, 4.69) is 20.5 Å². The van der Waals surface area contributed by atoms with Crippen molar-refractivity contribution in [3.8, 4) is 17.3 Å². The van der Waals surface area contributed by atoms with Gasteiger partial charge in [-0.15, -0.1) is 10.2 Å². The Labute approximate surface area is 159 Å². The second kappa shape index (κ2) is 7.88. The third-order valence-corrected chi connectivity index (χ3v) is 4.58. The van der Waals surface area contributed by atoms with Crippen molar-refractivity contribution >= 4 is 23.5 Å². The molecule has 3 aromatic heterocycles. The molecule has 1 N–H and O–H groups in total. The highest BCUT2D eigenvalue weighted by molar-refractivity contribution is 7.99. The Hall–Kier alpha value is -3.39. The molecule has 0 aliphatic heterocycles. The molecule has 4 rings (SSSR count). The minimum absolute atomic E-state index is 0.166. The summed E-state index contributed by atoms with van der Waals surface area (Å²) in [6.07, 6.45) is 3.22. The van der Waals surface area contributed by atoms with Crippen LogP contribution in [0.5, 0.6) is 0 Å². The first-order valence-electron chi connectivity index (χ1n) is 8.19. The normalized spacial score (nSPS) is 10.7. The minimum atomic E-state index is -0.166. The van der Waals surface area contributed by atoms with Gasteiger partial charge in [-0.25, -0.2) is 4.98 Å². The average Bonchev–Trinajstić information content (AvgIpc) is 3.37. The van der Waals surface area contributed by atoms with E-state index in [1.54, 1.807) is 30.7 Å². The molecule has 0 bridgehead atoms. The summed E-state index contributed by atoms with van der Waals surface area (Å²) in [6.45, 7) is 0. The van der Waals surface area contributed by atoms with E-state index in [4.69, 9.17) is 4.42 Å². The van der Waals surface area contributed by atoms with E-state index in [1.807, 2.05) is 47.0 Å². The number of rotatable bonds is 6. The number of hydrogen-bond acceptors (Lipinski definition) is 6. The van der Waals surface area contributed by atoms with E-state index in [-0.39, 0.29) is 11.7 Å². The fourth-order valence-corrected chi connectivity index (χ4v) is 3.24. The molecule has 4 aromatic rings. The van der Waals surface area contributed by atoms with Crippen LogP contribution >= 0.6 is 11.8 Å². The third-order valence-electron chi connectivity index (χ3n) is 3.65. The summed E-state index contributed by atoms with van der Waals surface area (Å²) in [5.74, 6) is 1.72. The number of furan rings is 1. The van der Waals surface area contributed by atoms with Gasteiger partial charge in [0.2, 0.25) is 11.7 Å². The van der Waals surface area contributed by atoms with Gasteiger partial charge < -0.3 is 9.73 Å². The maximum absolute atomic E-state index is 12.2. The zero-order valence-electron chi connectivity index (χ0n) is 14.1. The molecule has 0 spiro atoms. The number of anilines is 1. The van der Waals surface area contributed by atoms with Crippen LogP contribution in [0, 0.1) is 0 Å². The lowest BCUT2D eigenvalue weighted by Crippen LogP contribution is -2.15.